The topological polar surface area (TPSA) is 25.8 Å². The molecule has 3 aromatic rings. The smallest absolute Gasteiger partial charge is 0.159 e. The van der Waals surface area contributed by atoms with E-state index in [0.29, 0.717) is 0 Å². The fraction of sp³-hybridized carbons (Fsp3) is 0.0588. The van der Waals surface area contributed by atoms with Crippen LogP contribution in [0, 0.1) is 6.92 Å². The maximum Gasteiger partial charge on any atom is 0.159 e. The lowest BCUT2D eigenvalue weighted by Crippen LogP contribution is -1.93. The van der Waals surface area contributed by atoms with Crippen molar-refractivity contribution in [3.63, 3.8) is 0 Å². The first-order valence-electron chi connectivity index (χ1n) is 6.28. The van der Waals surface area contributed by atoms with E-state index < -0.39 is 0 Å². The molecule has 19 heavy (non-hydrogen) atoms. The third-order valence-corrected chi connectivity index (χ3v) is 3.15. The van der Waals surface area contributed by atoms with Gasteiger partial charge in [0.25, 0.3) is 0 Å². The second-order valence-electron chi connectivity index (χ2n) is 4.44. The minimum Gasteiger partial charge on any atom is -0.237 e. The van der Waals surface area contributed by atoms with E-state index in [0.717, 1.165) is 11.4 Å². The van der Waals surface area contributed by atoms with E-state index in [1.807, 2.05) is 24.3 Å². The Kier molecular flexibility index (Phi) is 3.07. The van der Waals surface area contributed by atoms with Crippen molar-refractivity contribution in [2.45, 2.75) is 6.92 Å². The van der Waals surface area contributed by atoms with Crippen molar-refractivity contribution in [2.24, 2.45) is 0 Å². The first kappa shape index (κ1) is 11.6. The predicted octanol–water partition coefficient (Wildman–Crippen LogP) is 4.12. The molecule has 1 aromatic heterocycles. The summed E-state index contributed by atoms with van der Waals surface area (Å²) < 4.78 is 0. The lowest BCUT2D eigenvalue weighted by Gasteiger charge is -2.11. The summed E-state index contributed by atoms with van der Waals surface area (Å²) in [6, 6.07) is 18.5. The third-order valence-electron chi connectivity index (χ3n) is 3.15. The van der Waals surface area contributed by atoms with Gasteiger partial charge in [-0.05, 0) is 29.7 Å². The summed E-state index contributed by atoms with van der Waals surface area (Å²) in [5.74, 6) is 0.777. The van der Waals surface area contributed by atoms with E-state index in [9.17, 15) is 0 Å². The van der Waals surface area contributed by atoms with E-state index in [4.69, 9.17) is 0 Å². The van der Waals surface area contributed by atoms with Crippen molar-refractivity contribution in [3.05, 3.63) is 72.6 Å². The Morgan fingerprint density at radius 3 is 2.21 bits per heavy atom. The fourth-order valence-corrected chi connectivity index (χ4v) is 2.25. The van der Waals surface area contributed by atoms with Crippen LogP contribution in [0.3, 0.4) is 0 Å². The van der Waals surface area contributed by atoms with Gasteiger partial charge in [0.1, 0.15) is 0 Å². The van der Waals surface area contributed by atoms with Crippen LogP contribution in [0.15, 0.2) is 67.0 Å². The van der Waals surface area contributed by atoms with Crippen LogP contribution in [0.4, 0.5) is 0 Å². The SMILES string of the molecule is Cc1cccc(-c2ccccc2)c1-c1ncccn1. The van der Waals surface area contributed by atoms with Gasteiger partial charge in [0, 0.05) is 18.0 Å². The van der Waals surface area contributed by atoms with Crippen molar-refractivity contribution < 1.29 is 0 Å². The molecule has 0 atom stereocenters. The molecule has 0 unspecified atom stereocenters. The van der Waals surface area contributed by atoms with Crippen molar-refractivity contribution in [2.75, 3.05) is 0 Å². The molecule has 0 amide bonds. The van der Waals surface area contributed by atoms with Crippen LogP contribution in [0.5, 0.6) is 0 Å². The molecule has 0 saturated heterocycles. The molecule has 1 heterocycles. The van der Waals surface area contributed by atoms with Crippen LogP contribution in [0.2, 0.25) is 0 Å². The van der Waals surface area contributed by atoms with Gasteiger partial charge in [0.05, 0.1) is 0 Å². The maximum absolute atomic E-state index is 4.38. The van der Waals surface area contributed by atoms with Gasteiger partial charge in [0.15, 0.2) is 5.82 Å². The number of hydrogen-bond acceptors (Lipinski definition) is 2. The van der Waals surface area contributed by atoms with Gasteiger partial charge in [0.2, 0.25) is 0 Å². The normalized spacial score (nSPS) is 10.4. The van der Waals surface area contributed by atoms with E-state index in [2.05, 4.69) is 47.2 Å². The number of nitrogens with zero attached hydrogens (tertiary/aromatic N) is 2. The van der Waals surface area contributed by atoms with Crippen molar-refractivity contribution in [1.29, 1.82) is 0 Å². The van der Waals surface area contributed by atoms with E-state index in [1.165, 1.54) is 16.7 Å². The van der Waals surface area contributed by atoms with E-state index >= 15 is 0 Å². The molecule has 0 aliphatic heterocycles. The Labute approximate surface area is 112 Å². The second kappa shape index (κ2) is 5.02. The summed E-state index contributed by atoms with van der Waals surface area (Å²) in [6.45, 7) is 2.10. The quantitative estimate of drug-likeness (QED) is 0.679. The zero-order valence-electron chi connectivity index (χ0n) is 10.7. The van der Waals surface area contributed by atoms with Gasteiger partial charge >= 0.3 is 0 Å². The fourth-order valence-electron chi connectivity index (χ4n) is 2.25. The monoisotopic (exact) mass is 246 g/mol. The highest BCUT2D eigenvalue weighted by atomic mass is 14.9. The summed E-state index contributed by atoms with van der Waals surface area (Å²) in [4.78, 5) is 8.77. The average Bonchev–Trinajstić information content (AvgIpc) is 2.49. The molecular weight excluding hydrogens is 232 g/mol. The number of aromatic nitrogens is 2. The van der Waals surface area contributed by atoms with Crippen LogP contribution in [0.25, 0.3) is 22.5 Å². The van der Waals surface area contributed by atoms with Gasteiger partial charge in [-0.3, -0.25) is 0 Å². The van der Waals surface area contributed by atoms with Crippen LogP contribution >= 0.6 is 0 Å². The first-order valence-corrected chi connectivity index (χ1v) is 6.28. The molecule has 0 saturated carbocycles. The standard InChI is InChI=1S/C17H14N2/c1-13-7-5-10-15(14-8-3-2-4-9-14)16(13)17-18-11-6-12-19-17/h2-12H,1H3. The summed E-state index contributed by atoms with van der Waals surface area (Å²) in [5, 5.41) is 0. The molecule has 2 nitrogen and oxygen atoms in total. The molecule has 92 valence electrons. The van der Waals surface area contributed by atoms with E-state index in [1.54, 1.807) is 12.4 Å². The Bertz CT molecular complexity index is 676. The summed E-state index contributed by atoms with van der Waals surface area (Å²) in [7, 11) is 0. The predicted molar refractivity (Wildman–Crippen MR) is 77.6 cm³/mol. The molecular formula is C17H14N2. The van der Waals surface area contributed by atoms with Crippen LogP contribution in [-0.2, 0) is 0 Å². The molecule has 2 heteroatoms. The Balaban J connectivity index is 2.25. The van der Waals surface area contributed by atoms with Gasteiger partial charge in [-0.2, -0.15) is 0 Å². The minimum absolute atomic E-state index is 0.777. The average molecular weight is 246 g/mol. The molecule has 0 bridgehead atoms. The molecule has 0 N–H and O–H groups in total. The Morgan fingerprint density at radius 1 is 0.737 bits per heavy atom. The van der Waals surface area contributed by atoms with E-state index in [-0.39, 0.29) is 0 Å². The highest BCUT2D eigenvalue weighted by Gasteiger charge is 2.11. The minimum atomic E-state index is 0.777. The van der Waals surface area contributed by atoms with Crippen molar-refractivity contribution in [3.8, 4) is 22.5 Å². The van der Waals surface area contributed by atoms with Gasteiger partial charge in [-0.1, -0.05) is 48.5 Å². The third kappa shape index (κ3) is 2.25. The van der Waals surface area contributed by atoms with Gasteiger partial charge < -0.3 is 0 Å². The highest BCUT2D eigenvalue weighted by molar-refractivity contribution is 5.82. The zero-order chi connectivity index (χ0) is 13.1. The maximum atomic E-state index is 4.38. The van der Waals surface area contributed by atoms with Gasteiger partial charge in [-0.15, -0.1) is 0 Å². The zero-order valence-corrected chi connectivity index (χ0v) is 10.7. The van der Waals surface area contributed by atoms with Gasteiger partial charge in [-0.25, -0.2) is 9.97 Å². The molecule has 3 rings (SSSR count). The Hall–Kier alpha value is -2.48. The summed E-state index contributed by atoms with van der Waals surface area (Å²) in [5.41, 5.74) is 4.65. The highest BCUT2D eigenvalue weighted by Crippen LogP contribution is 2.32. The number of benzene rings is 2. The molecule has 0 aliphatic rings. The number of hydrogen-bond donors (Lipinski definition) is 0. The van der Waals surface area contributed by atoms with Crippen LogP contribution in [0.1, 0.15) is 5.56 Å². The molecule has 0 spiro atoms. The number of rotatable bonds is 2. The lowest BCUT2D eigenvalue weighted by molar-refractivity contribution is 1.17. The lowest BCUT2D eigenvalue weighted by atomic mass is 9.95. The first-order chi connectivity index (χ1) is 9.36. The molecule has 0 fully saturated rings. The summed E-state index contributed by atoms with van der Waals surface area (Å²) >= 11 is 0. The molecule has 2 aromatic carbocycles. The second-order valence-corrected chi connectivity index (χ2v) is 4.44. The molecule has 0 aliphatic carbocycles. The largest absolute Gasteiger partial charge is 0.237 e. The number of aryl methyl sites for hydroxylation is 1. The van der Waals surface area contributed by atoms with Crippen LogP contribution < -0.4 is 0 Å². The van der Waals surface area contributed by atoms with Crippen molar-refractivity contribution in [1.82, 2.24) is 9.97 Å². The Morgan fingerprint density at radius 2 is 1.47 bits per heavy atom. The van der Waals surface area contributed by atoms with Crippen molar-refractivity contribution >= 4 is 0 Å². The van der Waals surface area contributed by atoms with Crippen LogP contribution in [-0.4, -0.2) is 9.97 Å². The molecule has 0 radical (unpaired) electrons. The summed E-state index contributed by atoms with van der Waals surface area (Å²) in [6.07, 6.45) is 3.56.